The molecule has 22 heavy (non-hydrogen) atoms. The molecule has 1 atom stereocenters. The summed E-state index contributed by atoms with van der Waals surface area (Å²) in [5.74, 6) is 1.23. The molecule has 0 spiro atoms. The van der Waals surface area contributed by atoms with E-state index < -0.39 is 0 Å². The minimum absolute atomic E-state index is 0.0880. The van der Waals surface area contributed by atoms with E-state index in [1.54, 1.807) is 19.2 Å². The van der Waals surface area contributed by atoms with Gasteiger partial charge in [0.25, 0.3) is 0 Å². The van der Waals surface area contributed by atoms with E-state index in [1.807, 2.05) is 6.07 Å². The van der Waals surface area contributed by atoms with Crippen molar-refractivity contribution < 1.29 is 9.13 Å². The molecule has 3 nitrogen and oxygen atoms in total. The quantitative estimate of drug-likeness (QED) is 0.923. The minimum atomic E-state index is -0.0880. The van der Waals surface area contributed by atoms with Crippen LogP contribution in [-0.4, -0.2) is 38.2 Å². The normalized spacial score (nSPS) is 22.5. The van der Waals surface area contributed by atoms with Gasteiger partial charge in [0.1, 0.15) is 11.6 Å². The van der Waals surface area contributed by atoms with Crippen LogP contribution in [0.4, 0.5) is 4.39 Å². The second-order valence-corrected chi connectivity index (χ2v) is 6.52. The predicted molar refractivity (Wildman–Crippen MR) is 86.7 cm³/mol. The molecule has 0 amide bonds. The molecule has 0 radical (unpaired) electrons. The van der Waals surface area contributed by atoms with Crippen LogP contribution in [0.15, 0.2) is 18.2 Å². The fourth-order valence-corrected chi connectivity index (χ4v) is 4.03. The molecule has 1 aromatic carbocycles. The first kappa shape index (κ1) is 15.8. The van der Waals surface area contributed by atoms with E-state index in [1.165, 1.54) is 32.1 Å². The smallest absolute Gasteiger partial charge is 0.128 e. The van der Waals surface area contributed by atoms with Gasteiger partial charge in [-0.2, -0.15) is 0 Å². The van der Waals surface area contributed by atoms with Gasteiger partial charge < -0.3 is 10.1 Å². The van der Waals surface area contributed by atoms with Crippen molar-refractivity contribution in [2.45, 2.75) is 38.1 Å². The lowest BCUT2D eigenvalue weighted by Crippen LogP contribution is -2.47. The summed E-state index contributed by atoms with van der Waals surface area (Å²) < 4.78 is 19.9. The number of ether oxygens (including phenoxy) is 1. The number of benzene rings is 1. The monoisotopic (exact) mass is 306 g/mol. The van der Waals surface area contributed by atoms with E-state index in [2.05, 4.69) is 10.2 Å². The molecule has 4 heteroatoms. The molecule has 1 heterocycles. The molecule has 1 aliphatic carbocycles. The van der Waals surface area contributed by atoms with E-state index in [0.717, 1.165) is 37.5 Å². The van der Waals surface area contributed by atoms with Gasteiger partial charge in [0.15, 0.2) is 0 Å². The van der Waals surface area contributed by atoms with Gasteiger partial charge in [-0.1, -0.05) is 19.3 Å². The number of halogens is 1. The van der Waals surface area contributed by atoms with Gasteiger partial charge in [0.05, 0.1) is 7.11 Å². The van der Waals surface area contributed by atoms with E-state index in [4.69, 9.17) is 4.74 Å². The summed E-state index contributed by atoms with van der Waals surface area (Å²) in [6.07, 6.45) is 6.31. The summed E-state index contributed by atoms with van der Waals surface area (Å²) in [5.41, 5.74) is 0.827. The van der Waals surface area contributed by atoms with Crippen molar-refractivity contribution in [2.24, 2.45) is 5.92 Å². The van der Waals surface area contributed by atoms with Crippen molar-refractivity contribution in [3.8, 4) is 5.75 Å². The molecule has 0 unspecified atom stereocenters. The van der Waals surface area contributed by atoms with Crippen molar-refractivity contribution in [1.82, 2.24) is 10.2 Å². The van der Waals surface area contributed by atoms with Crippen LogP contribution in [0.3, 0.4) is 0 Å². The Morgan fingerprint density at radius 1 is 1.18 bits per heavy atom. The second kappa shape index (κ2) is 7.42. The molecular formula is C18H27FN2O. The van der Waals surface area contributed by atoms with Crippen LogP contribution < -0.4 is 10.1 Å². The van der Waals surface area contributed by atoms with Gasteiger partial charge in [-0.25, -0.2) is 4.39 Å². The lowest BCUT2D eigenvalue weighted by atomic mass is 9.80. The maximum absolute atomic E-state index is 14.6. The van der Waals surface area contributed by atoms with Crippen LogP contribution in [0.1, 0.15) is 43.7 Å². The number of hydrogen-bond donors (Lipinski definition) is 1. The number of piperazine rings is 1. The average Bonchev–Trinajstić information content (AvgIpc) is 2.59. The molecule has 1 saturated carbocycles. The molecule has 3 rings (SSSR count). The van der Waals surface area contributed by atoms with Crippen LogP contribution >= 0.6 is 0 Å². The summed E-state index contributed by atoms with van der Waals surface area (Å²) >= 11 is 0. The maximum atomic E-state index is 14.6. The molecule has 1 N–H and O–H groups in total. The Hall–Kier alpha value is -1.13. The largest absolute Gasteiger partial charge is 0.497 e. The number of methoxy groups -OCH3 is 1. The van der Waals surface area contributed by atoms with Crippen molar-refractivity contribution in [1.29, 1.82) is 0 Å². The highest BCUT2D eigenvalue weighted by atomic mass is 19.1. The fourth-order valence-electron chi connectivity index (χ4n) is 4.03. The highest BCUT2D eigenvalue weighted by Gasteiger charge is 2.32. The van der Waals surface area contributed by atoms with Crippen molar-refractivity contribution in [3.05, 3.63) is 29.6 Å². The second-order valence-electron chi connectivity index (χ2n) is 6.52. The third kappa shape index (κ3) is 3.44. The molecule has 2 fully saturated rings. The van der Waals surface area contributed by atoms with Crippen LogP contribution in [0.25, 0.3) is 0 Å². The molecule has 0 aromatic heterocycles. The third-order valence-electron chi connectivity index (χ3n) is 5.16. The minimum Gasteiger partial charge on any atom is -0.497 e. The summed E-state index contributed by atoms with van der Waals surface area (Å²) in [5, 5.41) is 3.40. The summed E-state index contributed by atoms with van der Waals surface area (Å²) in [4.78, 5) is 2.48. The van der Waals surface area contributed by atoms with Gasteiger partial charge in [0, 0.05) is 37.8 Å². The van der Waals surface area contributed by atoms with Crippen LogP contribution in [0, 0.1) is 11.7 Å². The van der Waals surface area contributed by atoms with Gasteiger partial charge in [0.2, 0.25) is 0 Å². The van der Waals surface area contributed by atoms with E-state index in [-0.39, 0.29) is 11.9 Å². The number of nitrogens with zero attached hydrogens (tertiary/aromatic N) is 1. The third-order valence-corrected chi connectivity index (χ3v) is 5.16. The first-order valence-electron chi connectivity index (χ1n) is 8.58. The molecule has 1 aliphatic heterocycles. The van der Waals surface area contributed by atoms with Crippen LogP contribution in [0.2, 0.25) is 0 Å². The van der Waals surface area contributed by atoms with Gasteiger partial charge in [-0.15, -0.1) is 0 Å². The Kier molecular flexibility index (Phi) is 5.32. The summed E-state index contributed by atoms with van der Waals surface area (Å²) in [6, 6.07) is 5.38. The van der Waals surface area contributed by atoms with E-state index in [0.29, 0.717) is 5.92 Å². The van der Waals surface area contributed by atoms with Gasteiger partial charge in [-0.05, 0) is 37.0 Å². The highest BCUT2D eigenvalue weighted by Crippen LogP contribution is 2.40. The molecule has 1 aromatic rings. The summed E-state index contributed by atoms with van der Waals surface area (Å²) in [7, 11) is 1.65. The van der Waals surface area contributed by atoms with Gasteiger partial charge >= 0.3 is 0 Å². The first-order valence-corrected chi connectivity index (χ1v) is 8.58. The maximum Gasteiger partial charge on any atom is 0.128 e. The van der Waals surface area contributed by atoms with E-state index >= 15 is 0 Å². The fraction of sp³-hybridized carbons (Fsp3) is 0.667. The standard InChI is InChI=1S/C18H27FN2O/c1-22-15-7-8-17(19)16(13-15)18(14-5-3-2-4-6-14)21-11-9-20-10-12-21/h7-8,13-14,18,20H,2-6,9-12H2,1H3/t18-/m1/s1. The zero-order valence-corrected chi connectivity index (χ0v) is 13.5. The van der Waals surface area contributed by atoms with Crippen LogP contribution in [-0.2, 0) is 0 Å². The Bertz CT molecular complexity index is 464. The zero-order chi connectivity index (χ0) is 15.4. The Morgan fingerprint density at radius 2 is 1.91 bits per heavy atom. The van der Waals surface area contributed by atoms with E-state index in [9.17, 15) is 4.39 Å². The number of rotatable bonds is 4. The average molecular weight is 306 g/mol. The predicted octanol–water partition coefficient (Wildman–Crippen LogP) is 3.36. The highest BCUT2D eigenvalue weighted by molar-refractivity contribution is 5.32. The van der Waals surface area contributed by atoms with Gasteiger partial charge in [-0.3, -0.25) is 4.90 Å². The lowest BCUT2D eigenvalue weighted by molar-refractivity contribution is 0.100. The molecular weight excluding hydrogens is 279 g/mol. The van der Waals surface area contributed by atoms with Crippen molar-refractivity contribution in [3.63, 3.8) is 0 Å². The van der Waals surface area contributed by atoms with Crippen molar-refractivity contribution in [2.75, 3.05) is 33.3 Å². The Balaban J connectivity index is 1.92. The van der Waals surface area contributed by atoms with Crippen LogP contribution in [0.5, 0.6) is 5.75 Å². The first-order chi connectivity index (χ1) is 10.8. The topological polar surface area (TPSA) is 24.5 Å². The van der Waals surface area contributed by atoms with Crippen molar-refractivity contribution >= 4 is 0 Å². The molecule has 1 saturated heterocycles. The summed E-state index contributed by atoms with van der Waals surface area (Å²) in [6.45, 7) is 3.99. The lowest BCUT2D eigenvalue weighted by Gasteiger charge is -2.41. The SMILES string of the molecule is COc1ccc(F)c([C@@H](C2CCCCC2)N2CCNCC2)c1. The molecule has 122 valence electrons. The Morgan fingerprint density at radius 3 is 2.59 bits per heavy atom. The Labute approximate surface area is 132 Å². The number of hydrogen-bond acceptors (Lipinski definition) is 3. The number of nitrogens with one attached hydrogen (secondary N) is 1. The molecule has 0 bridgehead atoms. The molecule has 2 aliphatic rings. The zero-order valence-electron chi connectivity index (χ0n) is 13.5.